The average molecular weight is 457 g/mol. The Hall–Kier alpha value is -1.10. The highest BCUT2D eigenvalue weighted by Crippen LogP contribution is 2.12. The summed E-state index contributed by atoms with van der Waals surface area (Å²) >= 11 is 0. The van der Waals surface area contributed by atoms with Gasteiger partial charge in [0.2, 0.25) is 0 Å². The lowest BCUT2D eigenvalue weighted by atomic mass is 10.1. The normalized spacial score (nSPS) is 10.9. The molecule has 0 amide bonds. The van der Waals surface area contributed by atoms with Gasteiger partial charge in [0.15, 0.2) is 0 Å². The van der Waals surface area contributed by atoms with Crippen molar-refractivity contribution in [2.24, 2.45) is 0 Å². The summed E-state index contributed by atoms with van der Waals surface area (Å²) < 4.78 is 5.19. The number of hydrogen-bond donors (Lipinski definition) is 0. The van der Waals surface area contributed by atoms with Crippen molar-refractivity contribution >= 4 is 11.9 Å². The Bertz CT molecular complexity index is 373. The largest absolute Gasteiger partial charge is 0.466 e. The van der Waals surface area contributed by atoms with E-state index in [4.69, 9.17) is 14.5 Å². The van der Waals surface area contributed by atoms with Crippen LogP contribution in [0.5, 0.6) is 0 Å². The van der Waals surface area contributed by atoms with E-state index < -0.39 is 0 Å². The summed E-state index contributed by atoms with van der Waals surface area (Å²) in [5, 5.41) is 0. The van der Waals surface area contributed by atoms with Gasteiger partial charge in [-0.25, -0.2) is 4.79 Å². The van der Waals surface area contributed by atoms with Gasteiger partial charge in [-0.1, -0.05) is 117 Å². The number of rotatable bonds is 25. The third-order valence-electron chi connectivity index (χ3n) is 5.76. The highest BCUT2D eigenvalue weighted by atomic mass is 17.2. The minimum absolute atomic E-state index is 0.143. The molecule has 0 rings (SSSR count). The molecule has 0 aliphatic rings. The van der Waals surface area contributed by atoms with E-state index in [1.54, 1.807) is 0 Å². The van der Waals surface area contributed by atoms with Crippen molar-refractivity contribution in [3.8, 4) is 0 Å². The topological polar surface area (TPSA) is 61.8 Å². The zero-order valence-electron chi connectivity index (χ0n) is 21.3. The molecule has 0 aromatic heterocycles. The summed E-state index contributed by atoms with van der Waals surface area (Å²) in [6.45, 7) is 5.04. The lowest BCUT2D eigenvalue weighted by molar-refractivity contribution is -0.273. The molecule has 32 heavy (non-hydrogen) atoms. The summed E-state index contributed by atoms with van der Waals surface area (Å²) in [5.41, 5.74) is 0. The lowest BCUT2D eigenvalue weighted by Crippen LogP contribution is -2.10. The molecule has 0 spiro atoms. The first kappa shape index (κ1) is 30.9. The van der Waals surface area contributed by atoms with Gasteiger partial charge >= 0.3 is 11.9 Å². The summed E-state index contributed by atoms with van der Waals surface area (Å²) in [7, 11) is 0. The van der Waals surface area contributed by atoms with E-state index >= 15 is 0 Å². The molecular weight excluding hydrogens is 404 g/mol. The van der Waals surface area contributed by atoms with E-state index in [9.17, 15) is 9.59 Å². The van der Waals surface area contributed by atoms with Gasteiger partial charge in [-0.2, -0.15) is 4.89 Å². The van der Waals surface area contributed by atoms with Crippen molar-refractivity contribution in [3.05, 3.63) is 0 Å². The van der Waals surface area contributed by atoms with Crippen LogP contribution in [0.2, 0.25) is 0 Å². The Kier molecular flexibility index (Phi) is 25.3. The van der Waals surface area contributed by atoms with Gasteiger partial charge in [0.05, 0.1) is 13.2 Å². The van der Waals surface area contributed by atoms with Gasteiger partial charge in [0.25, 0.3) is 0 Å². The molecule has 0 saturated heterocycles. The molecule has 0 saturated carbocycles. The van der Waals surface area contributed by atoms with E-state index in [0.29, 0.717) is 25.9 Å². The fourth-order valence-electron chi connectivity index (χ4n) is 3.69. The molecule has 0 unspecified atom stereocenters. The van der Waals surface area contributed by atoms with E-state index in [2.05, 4.69) is 13.8 Å². The number of esters is 1. The molecule has 5 heteroatoms. The van der Waals surface area contributed by atoms with Crippen LogP contribution in [-0.4, -0.2) is 25.2 Å². The Morgan fingerprint density at radius 1 is 0.469 bits per heavy atom. The molecule has 5 nitrogen and oxygen atoms in total. The van der Waals surface area contributed by atoms with Crippen molar-refractivity contribution in [3.63, 3.8) is 0 Å². The first-order chi connectivity index (χ1) is 15.7. The number of carbonyl (C=O) groups excluding carboxylic acids is 2. The number of ether oxygens (including phenoxy) is 1. The predicted molar refractivity (Wildman–Crippen MR) is 131 cm³/mol. The van der Waals surface area contributed by atoms with Crippen molar-refractivity contribution < 1.29 is 24.1 Å². The Morgan fingerprint density at radius 2 is 0.875 bits per heavy atom. The molecule has 0 heterocycles. The minimum Gasteiger partial charge on any atom is -0.466 e. The Morgan fingerprint density at radius 3 is 1.34 bits per heavy atom. The van der Waals surface area contributed by atoms with E-state index in [1.165, 1.54) is 89.9 Å². The van der Waals surface area contributed by atoms with Gasteiger partial charge in [-0.15, -0.1) is 0 Å². The van der Waals surface area contributed by atoms with E-state index in [1.807, 2.05) is 0 Å². The summed E-state index contributed by atoms with van der Waals surface area (Å²) in [4.78, 5) is 33.0. The van der Waals surface area contributed by atoms with Gasteiger partial charge in [0.1, 0.15) is 0 Å². The van der Waals surface area contributed by atoms with Crippen LogP contribution in [0.4, 0.5) is 0 Å². The number of hydrogen-bond acceptors (Lipinski definition) is 5. The minimum atomic E-state index is -0.310. The van der Waals surface area contributed by atoms with Crippen molar-refractivity contribution in [1.82, 2.24) is 0 Å². The van der Waals surface area contributed by atoms with Crippen LogP contribution in [0.25, 0.3) is 0 Å². The van der Waals surface area contributed by atoms with Crippen LogP contribution in [0.1, 0.15) is 149 Å². The predicted octanol–water partition coefficient (Wildman–Crippen LogP) is 8.24. The van der Waals surface area contributed by atoms with Crippen molar-refractivity contribution in [2.75, 3.05) is 13.2 Å². The molecule has 0 bridgehead atoms. The number of unbranched alkanes of at least 4 members (excludes halogenated alkanes) is 16. The Labute approximate surface area is 198 Å². The second-order valence-corrected chi connectivity index (χ2v) is 9.01. The van der Waals surface area contributed by atoms with Gasteiger partial charge in [-0.05, 0) is 12.8 Å². The fourth-order valence-corrected chi connectivity index (χ4v) is 3.69. The molecule has 190 valence electrons. The van der Waals surface area contributed by atoms with Crippen LogP contribution in [0.3, 0.4) is 0 Å². The molecule has 0 fully saturated rings. The van der Waals surface area contributed by atoms with E-state index in [-0.39, 0.29) is 18.5 Å². The average Bonchev–Trinajstić information content (AvgIpc) is 2.79. The molecule has 0 N–H and O–H groups in total. The standard InChI is InChI=1S/C27H52O5/c1-3-5-7-9-11-13-15-17-19-22-26(28)30-24-21-25-31-32-27(29)23-20-18-16-14-12-10-8-6-4-2/h3-25H2,1-2H3. The quantitative estimate of drug-likeness (QED) is 0.0599. The second kappa shape index (κ2) is 26.2. The zero-order chi connectivity index (χ0) is 23.5. The van der Waals surface area contributed by atoms with Gasteiger partial charge < -0.3 is 4.74 Å². The van der Waals surface area contributed by atoms with Crippen LogP contribution in [0, 0.1) is 0 Å². The SMILES string of the molecule is CCCCCCCCCCCC(=O)OCCCOOC(=O)CCCCCCCCCCC. The highest BCUT2D eigenvalue weighted by Gasteiger charge is 2.05. The monoisotopic (exact) mass is 456 g/mol. The first-order valence-electron chi connectivity index (χ1n) is 13.7. The van der Waals surface area contributed by atoms with Crippen molar-refractivity contribution in [2.45, 2.75) is 149 Å². The lowest BCUT2D eigenvalue weighted by Gasteiger charge is -2.06. The summed E-state index contributed by atoms with van der Waals surface area (Å²) in [5.74, 6) is -0.453. The van der Waals surface area contributed by atoms with Crippen LogP contribution >= 0.6 is 0 Å². The molecule has 0 aromatic carbocycles. The third-order valence-corrected chi connectivity index (χ3v) is 5.76. The van der Waals surface area contributed by atoms with Crippen LogP contribution in [0.15, 0.2) is 0 Å². The molecule has 0 atom stereocenters. The van der Waals surface area contributed by atoms with Gasteiger partial charge in [0, 0.05) is 19.3 Å². The first-order valence-corrected chi connectivity index (χ1v) is 13.7. The molecule has 0 aliphatic carbocycles. The molecule has 0 aromatic rings. The molecular formula is C27H52O5. The Balaban J connectivity index is 3.27. The van der Waals surface area contributed by atoms with Gasteiger partial charge in [-0.3, -0.25) is 9.68 Å². The van der Waals surface area contributed by atoms with Crippen LogP contribution < -0.4 is 0 Å². The summed E-state index contributed by atoms with van der Waals surface area (Å²) in [6.07, 6.45) is 23.5. The maximum Gasteiger partial charge on any atom is 0.342 e. The second-order valence-electron chi connectivity index (χ2n) is 9.01. The molecule has 0 radical (unpaired) electrons. The highest BCUT2D eigenvalue weighted by molar-refractivity contribution is 5.69. The smallest absolute Gasteiger partial charge is 0.342 e. The summed E-state index contributed by atoms with van der Waals surface area (Å²) in [6, 6.07) is 0. The maximum absolute atomic E-state index is 11.7. The maximum atomic E-state index is 11.7. The molecule has 0 aliphatic heterocycles. The van der Waals surface area contributed by atoms with Crippen LogP contribution in [-0.2, 0) is 24.1 Å². The van der Waals surface area contributed by atoms with Crippen molar-refractivity contribution in [1.29, 1.82) is 0 Å². The number of carbonyl (C=O) groups is 2. The third kappa shape index (κ3) is 25.2. The van der Waals surface area contributed by atoms with E-state index in [0.717, 1.165) is 25.7 Å². The zero-order valence-corrected chi connectivity index (χ0v) is 21.3. The fraction of sp³-hybridized carbons (Fsp3) is 0.926.